The van der Waals surface area contributed by atoms with Crippen molar-refractivity contribution in [3.05, 3.63) is 65.2 Å². The first kappa shape index (κ1) is 17.1. The molecule has 0 aliphatic rings. The van der Waals surface area contributed by atoms with Crippen molar-refractivity contribution in [2.24, 2.45) is 0 Å². The van der Waals surface area contributed by atoms with E-state index in [1.165, 1.54) is 11.1 Å². The van der Waals surface area contributed by atoms with Crippen molar-refractivity contribution < 1.29 is 9.53 Å². The highest BCUT2D eigenvalue weighted by Crippen LogP contribution is 2.18. The first-order valence-corrected chi connectivity index (χ1v) is 8.09. The normalized spacial score (nSPS) is 10.6. The van der Waals surface area contributed by atoms with Crippen molar-refractivity contribution in [2.45, 2.75) is 33.1 Å². The maximum Gasteiger partial charge on any atom is 0.224 e. The molecule has 0 fully saturated rings. The van der Waals surface area contributed by atoms with Gasteiger partial charge in [-0.3, -0.25) is 4.79 Å². The van der Waals surface area contributed by atoms with Gasteiger partial charge in [0.25, 0.3) is 0 Å². The smallest absolute Gasteiger partial charge is 0.224 e. The van der Waals surface area contributed by atoms with Crippen LogP contribution in [-0.4, -0.2) is 19.1 Å². The zero-order valence-electron chi connectivity index (χ0n) is 14.1. The molecular formula is C20H25NO2. The Morgan fingerprint density at radius 3 is 2.30 bits per heavy atom. The molecule has 3 heteroatoms. The fourth-order valence-corrected chi connectivity index (χ4v) is 2.26. The van der Waals surface area contributed by atoms with Gasteiger partial charge in [0.15, 0.2) is 0 Å². The highest BCUT2D eigenvalue weighted by atomic mass is 16.5. The van der Waals surface area contributed by atoms with E-state index in [-0.39, 0.29) is 5.91 Å². The van der Waals surface area contributed by atoms with Gasteiger partial charge in [-0.15, -0.1) is 0 Å². The van der Waals surface area contributed by atoms with Gasteiger partial charge in [0.1, 0.15) is 12.4 Å². The number of ether oxygens (including phenoxy) is 1. The van der Waals surface area contributed by atoms with Crippen molar-refractivity contribution in [1.29, 1.82) is 0 Å². The van der Waals surface area contributed by atoms with Crippen molar-refractivity contribution in [1.82, 2.24) is 5.32 Å². The molecule has 2 rings (SSSR count). The highest BCUT2D eigenvalue weighted by molar-refractivity contribution is 5.78. The molecule has 0 atom stereocenters. The fourth-order valence-electron chi connectivity index (χ4n) is 2.26. The van der Waals surface area contributed by atoms with Gasteiger partial charge in [0.05, 0.1) is 13.0 Å². The lowest BCUT2D eigenvalue weighted by Gasteiger charge is -2.10. The van der Waals surface area contributed by atoms with Crippen LogP contribution in [0.25, 0.3) is 0 Å². The summed E-state index contributed by atoms with van der Waals surface area (Å²) in [4.78, 5) is 11.9. The zero-order valence-corrected chi connectivity index (χ0v) is 14.1. The standard InChI is InChI=1S/C20H25NO2/c1-15(2)18-8-10-19(11-9-18)23-13-12-21-20(22)14-17-6-4-16(3)5-7-17/h4-11,15H,12-14H2,1-3H3,(H,21,22). The van der Waals surface area contributed by atoms with Crippen LogP contribution in [0.2, 0.25) is 0 Å². The Morgan fingerprint density at radius 2 is 1.70 bits per heavy atom. The predicted molar refractivity (Wildman–Crippen MR) is 93.9 cm³/mol. The van der Waals surface area contributed by atoms with Gasteiger partial charge < -0.3 is 10.1 Å². The van der Waals surface area contributed by atoms with Crippen molar-refractivity contribution >= 4 is 5.91 Å². The maximum absolute atomic E-state index is 11.9. The summed E-state index contributed by atoms with van der Waals surface area (Å²) in [6.07, 6.45) is 0.406. The zero-order chi connectivity index (χ0) is 16.7. The van der Waals surface area contributed by atoms with E-state index in [0.717, 1.165) is 11.3 Å². The number of benzene rings is 2. The largest absolute Gasteiger partial charge is 0.492 e. The summed E-state index contributed by atoms with van der Waals surface area (Å²) in [7, 11) is 0. The summed E-state index contributed by atoms with van der Waals surface area (Å²) in [6, 6.07) is 16.1. The van der Waals surface area contributed by atoms with Crippen LogP contribution in [0.15, 0.2) is 48.5 Å². The van der Waals surface area contributed by atoms with E-state index in [1.807, 2.05) is 43.3 Å². The van der Waals surface area contributed by atoms with E-state index in [2.05, 4.69) is 31.3 Å². The van der Waals surface area contributed by atoms with E-state index in [9.17, 15) is 4.79 Å². The molecule has 3 nitrogen and oxygen atoms in total. The molecule has 1 amide bonds. The molecular weight excluding hydrogens is 286 g/mol. The van der Waals surface area contributed by atoms with E-state index in [4.69, 9.17) is 4.74 Å². The Morgan fingerprint density at radius 1 is 1.04 bits per heavy atom. The lowest BCUT2D eigenvalue weighted by atomic mass is 10.0. The van der Waals surface area contributed by atoms with Crippen LogP contribution in [0.3, 0.4) is 0 Å². The second-order valence-corrected chi connectivity index (χ2v) is 6.08. The number of rotatable bonds is 7. The van der Waals surface area contributed by atoms with Gasteiger partial charge in [-0.1, -0.05) is 55.8 Å². The van der Waals surface area contributed by atoms with E-state index in [0.29, 0.717) is 25.5 Å². The van der Waals surface area contributed by atoms with Gasteiger partial charge >= 0.3 is 0 Å². The van der Waals surface area contributed by atoms with Gasteiger partial charge in [-0.25, -0.2) is 0 Å². The number of nitrogens with one attached hydrogen (secondary N) is 1. The van der Waals surface area contributed by atoms with Gasteiger partial charge in [0, 0.05) is 0 Å². The molecule has 122 valence electrons. The van der Waals surface area contributed by atoms with Crippen molar-refractivity contribution in [3.63, 3.8) is 0 Å². The predicted octanol–water partition coefficient (Wildman–Crippen LogP) is 3.86. The maximum atomic E-state index is 11.9. The molecule has 2 aromatic rings. The summed E-state index contributed by atoms with van der Waals surface area (Å²) in [5.41, 5.74) is 3.52. The van der Waals surface area contributed by atoms with Crippen LogP contribution in [0, 0.1) is 6.92 Å². The Balaban J connectivity index is 1.68. The average molecular weight is 311 g/mol. The summed E-state index contributed by atoms with van der Waals surface area (Å²) >= 11 is 0. The number of aryl methyl sites for hydroxylation is 1. The topological polar surface area (TPSA) is 38.3 Å². The van der Waals surface area contributed by atoms with Crippen LogP contribution in [0.5, 0.6) is 5.75 Å². The number of hydrogen-bond donors (Lipinski definition) is 1. The molecule has 23 heavy (non-hydrogen) atoms. The second-order valence-electron chi connectivity index (χ2n) is 6.08. The molecule has 0 aliphatic heterocycles. The quantitative estimate of drug-likeness (QED) is 0.789. The lowest BCUT2D eigenvalue weighted by Crippen LogP contribution is -2.29. The molecule has 0 radical (unpaired) electrons. The molecule has 0 saturated carbocycles. The van der Waals surface area contributed by atoms with E-state index >= 15 is 0 Å². The molecule has 0 saturated heterocycles. The monoisotopic (exact) mass is 311 g/mol. The summed E-state index contributed by atoms with van der Waals surface area (Å²) < 4.78 is 5.64. The Labute approximate surface area is 138 Å². The van der Waals surface area contributed by atoms with Crippen molar-refractivity contribution in [3.8, 4) is 5.75 Å². The molecule has 0 spiro atoms. The second kappa shape index (κ2) is 8.37. The molecule has 1 N–H and O–H groups in total. The number of carbonyl (C=O) groups is 1. The van der Waals surface area contributed by atoms with Crippen LogP contribution in [0.1, 0.15) is 36.5 Å². The van der Waals surface area contributed by atoms with Crippen LogP contribution >= 0.6 is 0 Å². The Kier molecular flexibility index (Phi) is 6.21. The van der Waals surface area contributed by atoms with Gasteiger partial charge in [-0.05, 0) is 36.1 Å². The minimum Gasteiger partial charge on any atom is -0.492 e. The Hall–Kier alpha value is -2.29. The minimum absolute atomic E-state index is 0.0209. The van der Waals surface area contributed by atoms with Crippen molar-refractivity contribution in [2.75, 3.05) is 13.2 Å². The summed E-state index contributed by atoms with van der Waals surface area (Å²) in [5, 5.41) is 2.88. The fraction of sp³-hybridized carbons (Fsp3) is 0.350. The SMILES string of the molecule is Cc1ccc(CC(=O)NCCOc2ccc(C(C)C)cc2)cc1. The molecule has 2 aromatic carbocycles. The average Bonchev–Trinajstić information content (AvgIpc) is 2.54. The number of hydrogen-bond acceptors (Lipinski definition) is 2. The molecule has 0 heterocycles. The first-order chi connectivity index (χ1) is 11.0. The van der Waals surface area contributed by atoms with E-state index < -0.39 is 0 Å². The molecule has 0 aromatic heterocycles. The highest BCUT2D eigenvalue weighted by Gasteiger charge is 2.03. The van der Waals surface area contributed by atoms with Crippen LogP contribution < -0.4 is 10.1 Å². The van der Waals surface area contributed by atoms with E-state index in [1.54, 1.807) is 0 Å². The summed E-state index contributed by atoms with van der Waals surface area (Å²) in [6.45, 7) is 7.35. The minimum atomic E-state index is 0.0209. The third-order valence-electron chi connectivity index (χ3n) is 3.73. The van der Waals surface area contributed by atoms with Crippen LogP contribution in [-0.2, 0) is 11.2 Å². The third kappa shape index (κ3) is 5.78. The summed E-state index contributed by atoms with van der Waals surface area (Å²) in [5.74, 6) is 1.37. The molecule has 0 aliphatic carbocycles. The lowest BCUT2D eigenvalue weighted by molar-refractivity contribution is -0.120. The van der Waals surface area contributed by atoms with Crippen LogP contribution in [0.4, 0.5) is 0 Å². The molecule has 0 unspecified atom stereocenters. The molecule has 0 bridgehead atoms. The van der Waals surface area contributed by atoms with Gasteiger partial charge in [0.2, 0.25) is 5.91 Å². The first-order valence-electron chi connectivity index (χ1n) is 8.09. The third-order valence-corrected chi connectivity index (χ3v) is 3.73. The number of carbonyl (C=O) groups excluding carboxylic acids is 1. The number of amides is 1. The van der Waals surface area contributed by atoms with Gasteiger partial charge in [-0.2, -0.15) is 0 Å². The Bertz CT molecular complexity index is 615.